The van der Waals surface area contributed by atoms with Gasteiger partial charge >= 0.3 is 0 Å². The minimum Gasteiger partial charge on any atom is -0.212 e. The van der Waals surface area contributed by atoms with Crippen LogP contribution in [0.25, 0.3) is 0 Å². The van der Waals surface area contributed by atoms with Crippen LogP contribution in [0.2, 0.25) is 0 Å². The lowest BCUT2D eigenvalue weighted by Crippen LogP contribution is -2.35. The number of rotatable bonds is 9. The zero-order chi connectivity index (χ0) is 12.6. The lowest BCUT2D eigenvalue weighted by molar-refractivity contribution is 0.445. The molecular formula is C11H24ClNO2S. The monoisotopic (exact) mass is 269 g/mol. The number of unbranched alkanes of at least 4 members (excludes halogenated alkanes) is 1. The van der Waals surface area contributed by atoms with E-state index in [0.717, 1.165) is 19.3 Å². The Morgan fingerprint density at radius 1 is 1.25 bits per heavy atom. The molecule has 0 aliphatic rings. The van der Waals surface area contributed by atoms with Crippen molar-refractivity contribution in [2.24, 2.45) is 5.92 Å². The second kappa shape index (κ2) is 8.31. The zero-order valence-electron chi connectivity index (χ0n) is 10.5. The van der Waals surface area contributed by atoms with E-state index in [9.17, 15) is 8.42 Å². The minimum atomic E-state index is -3.12. The van der Waals surface area contributed by atoms with Crippen molar-refractivity contribution in [3.05, 3.63) is 0 Å². The van der Waals surface area contributed by atoms with Crippen molar-refractivity contribution >= 4 is 21.6 Å². The van der Waals surface area contributed by atoms with E-state index in [1.807, 2.05) is 6.92 Å². The van der Waals surface area contributed by atoms with E-state index < -0.39 is 10.0 Å². The van der Waals surface area contributed by atoms with Crippen LogP contribution in [-0.4, -0.2) is 26.1 Å². The first-order valence-electron chi connectivity index (χ1n) is 5.97. The largest absolute Gasteiger partial charge is 0.212 e. The van der Waals surface area contributed by atoms with Gasteiger partial charge in [-0.3, -0.25) is 0 Å². The average Bonchev–Trinajstić information content (AvgIpc) is 2.16. The average molecular weight is 270 g/mol. The van der Waals surface area contributed by atoms with E-state index >= 15 is 0 Å². The second-order valence-electron chi connectivity index (χ2n) is 4.48. The topological polar surface area (TPSA) is 46.2 Å². The van der Waals surface area contributed by atoms with Crippen LogP contribution < -0.4 is 4.72 Å². The van der Waals surface area contributed by atoms with Crippen LogP contribution in [-0.2, 0) is 10.0 Å². The summed E-state index contributed by atoms with van der Waals surface area (Å²) in [5, 5.41) is 0. The van der Waals surface area contributed by atoms with Crippen molar-refractivity contribution in [1.29, 1.82) is 0 Å². The number of nitrogens with one attached hydrogen (secondary N) is 1. The summed E-state index contributed by atoms with van der Waals surface area (Å²) in [7, 11) is -3.12. The highest BCUT2D eigenvalue weighted by Gasteiger charge is 2.15. The van der Waals surface area contributed by atoms with Gasteiger partial charge in [0, 0.05) is 11.9 Å². The molecule has 16 heavy (non-hydrogen) atoms. The van der Waals surface area contributed by atoms with Crippen molar-refractivity contribution < 1.29 is 8.42 Å². The lowest BCUT2D eigenvalue weighted by atomic mass is 10.0. The van der Waals surface area contributed by atoms with Crippen LogP contribution in [0, 0.1) is 5.92 Å². The summed E-state index contributed by atoms with van der Waals surface area (Å²) >= 11 is 5.51. The number of halogens is 1. The molecule has 5 heteroatoms. The SMILES string of the molecule is CCC(C)CC(C)NS(=O)(=O)CCCCCl. The van der Waals surface area contributed by atoms with Gasteiger partial charge < -0.3 is 0 Å². The van der Waals surface area contributed by atoms with Gasteiger partial charge in [-0.2, -0.15) is 0 Å². The molecule has 0 heterocycles. The van der Waals surface area contributed by atoms with Crippen molar-refractivity contribution in [3.8, 4) is 0 Å². The zero-order valence-corrected chi connectivity index (χ0v) is 12.1. The van der Waals surface area contributed by atoms with Gasteiger partial charge in [0.05, 0.1) is 5.75 Å². The smallest absolute Gasteiger partial charge is 0.211 e. The van der Waals surface area contributed by atoms with Gasteiger partial charge in [0.1, 0.15) is 0 Å². The quantitative estimate of drug-likeness (QED) is 0.517. The Morgan fingerprint density at radius 3 is 2.38 bits per heavy atom. The Kier molecular flexibility index (Phi) is 8.42. The van der Waals surface area contributed by atoms with Gasteiger partial charge in [-0.15, -0.1) is 11.6 Å². The Bertz CT molecular complexity index is 267. The van der Waals surface area contributed by atoms with Crippen LogP contribution >= 0.6 is 11.6 Å². The van der Waals surface area contributed by atoms with E-state index in [4.69, 9.17) is 11.6 Å². The molecule has 0 saturated carbocycles. The third-order valence-electron chi connectivity index (χ3n) is 2.63. The number of hydrogen-bond donors (Lipinski definition) is 1. The van der Waals surface area contributed by atoms with Gasteiger partial charge in [0.15, 0.2) is 0 Å². The molecule has 0 fully saturated rings. The molecule has 0 saturated heterocycles. The number of hydrogen-bond acceptors (Lipinski definition) is 2. The molecule has 3 nitrogen and oxygen atoms in total. The third kappa shape index (κ3) is 8.36. The first-order chi connectivity index (χ1) is 7.41. The molecule has 0 aromatic heterocycles. The van der Waals surface area contributed by atoms with E-state index in [-0.39, 0.29) is 11.8 Å². The normalized spacial score (nSPS) is 16.0. The Balaban J connectivity index is 3.95. The van der Waals surface area contributed by atoms with Crippen LogP contribution in [0.5, 0.6) is 0 Å². The first-order valence-corrected chi connectivity index (χ1v) is 8.16. The summed E-state index contributed by atoms with van der Waals surface area (Å²) in [5.74, 6) is 1.27. The summed E-state index contributed by atoms with van der Waals surface area (Å²) in [5.41, 5.74) is 0. The fraction of sp³-hybridized carbons (Fsp3) is 1.00. The highest BCUT2D eigenvalue weighted by molar-refractivity contribution is 7.89. The maximum absolute atomic E-state index is 11.6. The van der Waals surface area contributed by atoms with Crippen molar-refractivity contribution in [3.63, 3.8) is 0 Å². The van der Waals surface area contributed by atoms with Crippen LogP contribution in [0.1, 0.15) is 46.5 Å². The minimum absolute atomic E-state index is 0.0240. The Morgan fingerprint density at radius 2 is 1.88 bits per heavy atom. The molecule has 2 atom stereocenters. The predicted octanol–water partition coefficient (Wildman–Crippen LogP) is 2.75. The van der Waals surface area contributed by atoms with Crippen LogP contribution in [0.3, 0.4) is 0 Å². The highest BCUT2D eigenvalue weighted by Crippen LogP contribution is 2.10. The van der Waals surface area contributed by atoms with Gasteiger partial charge in [-0.1, -0.05) is 20.3 Å². The fourth-order valence-electron chi connectivity index (χ4n) is 1.57. The number of sulfonamides is 1. The standard InChI is InChI=1S/C11H24ClNO2S/c1-4-10(2)9-11(3)13-16(14,15)8-6-5-7-12/h10-11,13H,4-9H2,1-3H3. The molecule has 0 aromatic rings. The molecule has 1 N–H and O–H groups in total. The maximum Gasteiger partial charge on any atom is 0.211 e. The molecule has 0 radical (unpaired) electrons. The maximum atomic E-state index is 11.6. The summed E-state index contributed by atoms with van der Waals surface area (Å²) in [6.07, 6.45) is 3.36. The molecule has 0 rings (SSSR count). The Labute approximate surface area is 105 Å². The van der Waals surface area contributed by atoms with Crippen LogP contribution in [0.4, 0.5) is 0 Å². The lowest BCUT2D eigenvalue weighted by Gasteiger charge is -2.17. The summed E-state index contributed by atoms with van der Waals surface area (Å²) in [4.78, 5) is 0. The molecule has 2 unspecified atom stereocenters. The number of alkyl halides is 1. The summed E-state index contributed by atoms with van der Waals surface area (Å²) in [6, 6.07) is 0.0240. The molecule has 0 aromatic carbocycles. The first kappa shape index (κ1) is 16.2. The third-order valence-corrected chi connectivity index (χ3v) is 4.49. The molecule has 98 valence electrons. The van der Waals surface area contributed by atoms with E-state index in [1.54, 1.807) is 0 Å². The van der Waals surface area contributed by atoms with Crippen molar-refractivity contribution in [2.45, 2.75) is 52.5 Å². The van der Waals surface area contributed by atoms with Gasteiger partial charge in [0.2, 0.25) is 10.0 Å². The van der Waals surface area contributed by atoms with Gasteiger partial charge in [-0.05, 0) is 32.1 Å². The van der Waals surface area contributed by atoms with Crippen molar-refractivity contribution in [2.75, 3.05) is 11.6 Å². The molecule has 0 aliphatic carbocycles. The molecule has 0 amide bonds. The molecular weight excluding hydrogens is 246 g/mol. The summed E-state index contributed by atoms with van der Waals surface area (Å²) in [6.45, 7) is 6.18. The predicted molar refractivity (Wildman–Crippen MR) is 70.4 cm³/mol. The molecule has 0 aliphatic heterocycles. The Hall–Kier alpha value is 0.200. The van der Waals surface area contributed by atoms with Crippen LogP contribution in [0.15, 0.2) is 0 Å². The fourth-order valence-corrected chi connectivity index (χ4v) is 3.17. The van der Waals surface area contributed by atoms with Gasteiger partial charge in [0.25, 0.3) is 0 Å². The highest BCUT2D eigenvalue weighted by atomic mass is 35.5. The van der Waals surface area contributed by atoms with E-state index in [1.165, 1.54) is 0 Å². The van der Waals surface area contributed by atoms with E-state index in [0.29, 0.717) is 18.2 Å². The van der Waals surface area contributed by atoms with E-state index in [2.05, 4.69) is 18.6 Å². The van der Waals surface area contributed by atoms with Gasteiger partial charge in [-0.25, -0.2) is 13.1 Å². The summed E-state index contributed by atoms with van der Waals surface area (Å²) < 4.78 is 26.0. The second-order valence-corrected chi connectivity index (χ2v) is 6.73. The molecule has 0 bridgehead atoms. The van der Waals surface area contributed by atoms with Crippen molar-refractivity contribution in [1.82, 2.24) is 4.72 Å². The molecule has 0 spiro atoms.